The number of pyridine rings is 1. The van der Waals surface area contributed by atoms with Crippen LogP contribution < -0.4 is 20.7 Å². The number of hydrogen-bond donors (Lipinski definition) is 4. The fourth-order valence-corrected chi connectivity index (χ4v) is 5.88. The SMILES string of the molecule is COc1ccc([C@@H](C)NC(=O)c2ccc(CNC(=O)Cc3ccc(CC(C)NC[C@H](O)c4ccc(-n5c(C)ccc5C)nc4)cc3)cc2)cc1. The highest BCUT2D eigenvalue weighted by Gasteiger charge is 2.14. The molecule has 0 aliphatic heterocycles. The quantitative estimate of drug-likeness (QED) is 0.107. The molecule has 5 aromatic rings. The van der Waals surface area contributed by atoms with E-state index in [1.54, 1.807) is 25.4 Å². The number of benzene rings is 3. The first-order valence-corrected chi connectivity index (χ1v) is 17.0. The first kappa shape index (κ1) is 36.0. The number of aryl methyl sites for hydroxylation is 2. The van der Waals surface area contributed by atoms with Crippen molar-refractivity contribution >= 4 is 11.8 Å². The fourth-order valence-electron chi connectivity index (χ4n) is 5.88. The van der Waals surface area contributed by atoms with Crippen molar-refractivity contribution < 1.29 is 19.4 Å². The Morgan fingerprint density at radius 2 is 1.42 bits per heavy atom. The second kappa shape index (κ2) is 16.9. The van der Waals surface area contributed by atoms with Crippen LogP contribution in [0, 0.1) is 13.8 Å². The molecule has 0 aliphatic carbocycles. The third-order valence-electron chi connectivity index (χ3n) is 8.91. The summed E-state index contributed by atoms with van der Waals surface area (Å²) in [6.45, 7) is 8.93. The van der Waals surface area contributed by atoms with E-state index in [4.69, 9.17) is 4.74 Å². The molecular weight excluding hydrogens is 626 g/mol. The van der Waals surface area contributed by atoms with Crippen LogP contribution in [0.5, 0.6) is 5.75 Å². The largest absolute Gasteiger partial charge is 0.497 e. The number of amides is 2. The maximum atomic E-state index is 12.8. The van der Waals surface area contributed by atoms with Crippen LogP contribution in [-0.2, 0) is 24.2 Å². The molecular formula is C41H47N5O4. The van der Waals surface area contributed by atoms with Crippen LogP contribution in [0.25, 0.3) is 5.82 Å². The molecule has 5 rings (SSSR count). The molecule has 1 unspecified atom stereocenters. The molecule has 0 saturated heterocycles. The van der Waals surface area contributed by atoms with E-state index in [0.717, 1.165) is 57.2 Å². The van der Waals surface area contributed by atoms with Gasteiger partial charge in [0.2, 0.25) is 5.91 Å². The lowest BCUT2D eigenvalue weighted by molar-refractivity contribution is -0.120. The van der Waals surface area contributed by atoms with Crippen LogP contribution in [0.4, 0.5) is 0 Å². The van der Waals surface area contributed by atoms with E-state index in [-0.39, 0.29) is 30.3 Å². The Labute approximate surface area is 294 Å². The normalized spacial score (nSPS) is 12.9. The average Bonchev–Trinajstić information content (AvgIpc) is 3.47. The Morgan fingerprint density at radius 3 is 2.04 bits per heavy atom. The van der Waals surface area contributed by atoms with Crippen LogP contribution in [0.2, 0.25) is 0 Å². The van der Waals surface area contributed by atoms with Gasteiger partial charge in [0.05, 0.1) is 25.7 Å². The van der Waals surface area contributed by atoms with Gasteiger partial charge in [0.1, 0.15) is 11.6 Å². The molecule has 9 nitrogen and oxygen atoms in total. The Kier molecular flexibility index (Phi) is 12.2. The summed E-state index contributed by atoms with van der Waals surface area (Å²) in [4.78, 5) is 30.0. The Morgan fingerprint density at radius 1 is 0.800 bits per heavy atom. The number of aliphatic hydroxyl groups excluding tert-OH is 1. The number of hydrogen-bond acceptors (Lipinski definition) is 6. The maximum absolute atomic E-state index is 12.8. The van der Waals surface area contributed by atoms with E-state index < -0.39 is 6.10 Å². The van der Waals surface area contributed by atoms with E-state index in [0.29, 0.717) is 18.7 Å². The Bertz CT molecular complexity index is 1830. The van der Waals surface area contributed by atoms with Crippen molar-refractivity contribution in [2.45, 2.75) is 65.3 Å². The molecule has 260 valence electrons. The predicted octanol–water partition coefficient (Wildman–Crippen LogP) is 6.10. The molecule has 2 amide bonds. The average molecular weight is 674 g/mol. The van der Waals surface area contributed by atoms with Crippen molar-refractivity contribution in [3.05, 3.63) is 148 Å². The van der Waals surface area contributed by atoms with Crippen LogP contribution in [0.15, 0.2) is 103 Å². The van der Waals surface area contributed by atoms with Gasteiger partial charge in [-0.2, -0.15) is 0 Å². The third-order valence-corrected chi connectivity index (χ3v) is 8.91. The van der Waals surface area contributed by atoms with E-state index >= 15 is 0 Å². The van der Waals surface area contributed by atoms with E-state index in [2.05, 4.69) is 44.6 Å². The molecule has 2 aromatic heterocycles. The standard InChI is InChI=1S/C41H47N5O4/c1-27(42-26-38(47)36-18-21-39(43-25-36)46-28(2)6-7-29(46)3)22-31-8-10-32(11-9-31)23-40(48)44-24-33-12-14-35(15-13-33)41(49)45-30(4)34-16-19-37(50-5)20-17-34/h6-21,25,27,30,38,42,47H,22-24,26H2,1-5H3,(H,44,48)(H,45,49)/t27?,30-,38+/m1/s1. The van der Waals surface area contributed by atoms with Crippen molar-refractivity contribution in [2.75, 3.05) is 13.7 Å². The summed E-state index contributed by atoms with van der Waals surface area (Å²) < 4.78 is 7.29. The minimum atomic E-state index is -0.663. The maximum Gasteiger partial charge on any atom is 0.251 e. The molecule has 0 saturated carbocycles. The molecule has 3 aromatic carbocycles. The number of aromatic nitrogens is 2. The molecule has 0 aliphatic rings. The molecule has 0 fully saturated rings. The number of ether oxygens (including phenoxy) is 1. The highest BCUT2D eigenvalue weighted by molar-refractivity contribution is 5.94. The van der Waals surface area contributed by atoms with E-state index in [1.165, 1.54) is 0 Å². The van der Waals surface area contributed by atoms with Gasteiger partial charge in [0, 0.05) is 47.8 Å². The zero-order valence-electron chi connectivity index (χ0n) is 29.4. The smallest absolute Gasteiger partial charge is 0.251 e. The molecule has 3 atom stereocenters. The molecule has 9 heteroatoms. The van der Waals surface area contributed by atoms with Crippen LogP contribution in [0.1, 0.15) is 75.6 Å². The molecule has 0 radical (unpaired) electrons. The highest BCUT2D eigenvalue weighted by Crippen LogP contribution is 2.19. The zero-order valence-corrected chi connectivity index (χ0v) is 29.4. The van der Waals surface area contributed by atoms with Gasteiger partial charge in [0.15, 0.2) is 0 Å². The predicted molar refractivity (Wildman–Crippen MR) is 196 cm³/mol. The summed E-state index contributed by atoms with van der Waals surface area (Å²) in [5.41, 5.74) is 7.55. The third kappa shape index (κ3) is 9.68. The van der Waals surface area contributed by atoms with Gasteiger partial charge in [-0.1, -0.05) is 54.6 Å². The summed E-state index contributed by atoms with van der Waals surface area (Å²) in [7, 11) is 1.62. The lowest BCUT2D eigenvalue weighted by atomic mass is 10.0. The second-order valence-corrected chi connectivity index (χ2v) is 12.9. The minimum Gasteiger partial charge on any atom is -0.497 e. The zero-order chi connectivity index (χ0) is 35.6. The number of aliphatic hydroxyl groups is 1. The lowest BCUT2D eigenvalue weighted by Crippen LogP contribution is -2.32. The Hall–Kier alpha value is -5.25. The van der Waals surface area contributed by atoms with Crippen LogP contribution in [0.3, 0.4) is 0 Å². The number of nitrogens with zero attached hydrogens (tertiary/aromatic N) is 2. The number of carbonyl (C=O) groups excluding carboxylic acids is 2. The van der Waals surface area contributed by atoms with Crippen molar-refractivity contribution in [3.63, 3.8) is 0 Å². The van der Waals surface area contributed by atoms with Crippen molar-refractivity contribution in [1.82, 2.24) is 25.5 Å². The van der Waals surface area contributed by atoms with Gasteiger partial charge in [-0.15, -0.1) is 0 Å². The van der Waals surface area contributed by atoms with Crippen LogP contribution >= 0.6 is 0 Å². The van der Waals surface area contributed by atoms with Gasteiger partial charge >= 0.3 is 0 Å². The lowest BCUT2D eigenvalue weighted by Gasteiger charge is -2.18. The van der Waals surface area contributed by atoms with Gasteiger partial charge in [-0.05, 0) is 98.8 Å². The van der Waals surface area contributed by atoms with Crippen molar-refractivity contribution in [1.29, 1.82) is 0 Å². The highest BCUT2D eigenvalue weighted by atomic mass is 16.5. The van der Waals surface area contributed by atoms with Gasteiger partial charge in [-0.25, -0.2) is 4.98 Å². The number of rotatable bonds is 15. The van der Waals surface area contributed by atoms with E-state index in [9.17, 15) is 14.7 Å². The molecule has 0 spiro atoms. The Balaban J connectivity index is 1.01. The second-order valence-electron chi connectivity index (χ2n) is 12.9. The van der Waals surface area contributed by atoms with Crippen molar-refractivity contribution in [2.24, 2.45) is 0 Å². The molecule has 0 bridgehead atoms. The van der Waals surface area contributed by atoms with Crippen LogP contribution in [-0.4, -0.2) is 46.2 Å². The number of methoxy groups -OCH3 is 1. The van der Waals surface area contributed by atoms with Gasteiger partial charge in [-0.3, -0.25) is 9.59 Å². The number of carbonyl (C=O) groups is 2. The van der Waals surface area contributed by atoms with Gasteiger partial charge < -0.3 is 30.4 Å². The molecule has 2 heterocycles. The summed E-state index contributed by atoms with van der Waals surface area (Å²) >= 11 is 0. The molecule has 50 heavy (non-hydrogen) atoms. The fraction of sp³-hybridized carbons (Fsp3) is 0.293. The van der Waals surface area contributed by atoms with Crippen molar-refractivity contribution in [3.8, 4) is 11.6 Å². The summed E-state index contributed by atoms with van der Waals surface area (Å²) in [6.07, 6.45) is 2.14. The number of nitrogens with one attached hydrogen (secondary N) is 3. The van der Waals surface area contributed by atoms with E-state index in [1.807, 2.05) is 93.6 Å². The first-order valence-electron chi connectivity index (χ1n) is 17.0. The molecule has 4 N–H and O–H groups in total. The van der Waals surface area contributed by atoms with Gasteiger partial charge in [0.25, 0.3) is 5.91 Å². The summed E-state index contributed by atoms with van der Waals surface area (Å²) in [6, 6.07) is 30.9. The summed E-state index contributed by atoms with van der Waals surface area (Å²) in [5.74, 6) is 1.38. The monoisotopic (exact) mass is 673 g/mol. The first-order chi connectivity index (χ1) is 24.1. The topological polar surface area (TPSA) is 118 Å². The minimum absolute atomic E-state index is 0.0712. The summed E-state index contributed by atoms with van der Waals surface area (Å²) in [5, 5.41) is 20.2.